The Kier molecular flexibility index (Phi) is 3.58. The molecule has 1 aromatic carbocycles. The number of hydrogen-bond acceptors (Lipinski definition) is 7. The summed E-state index contributed by atoms with van der Waals surface area (Å²) in [5, 5.41) is 18.2. The van der Waals surface area contributed by atoms with Gasteiger partial charge in [0.25, 0.3) is 11.6 Å². The molecule has 22 heavy (non-hydrogen) atoms. The van der Waals surface area contributed by atoms with E-state index in [9.17, 15) is 14.9 Å². The van der Waals surface area contributed by atoms with Gasteiger partial charge in [-0.1, -0.05) is 6.92 Å². The number of nitrogens with zero attached hydrogens (tertiary/aromatic N) is 3. The van der Waals surface area contributed by atoms with Crippen LogP contribution >= 0.6 is 0 Å². The second-order valence-corrected chi connectivity index (χ2v) is 5.23. The van der Waals surface area contributed by atoms with Gasteiger partial charge in [0.05, 0.1) is 10.8 Å². The number of benzene rings is 1. The average molecular weight is 303 g/mol. The summed E-state index contributed by atoms with van der Waals surface area (Å²) in [5.41, 5.74) is 0.544. The zero-order valence-corrected chi connectivity index (χ0v) is 11.8. The van der Waals surface area contributed by atoms with Crippen molar-refractivity contribution in [1.82, 2.24) is 10.2 Å². The molecule has 1 saturated carbocycles. The molecule has 8 nitrogen and oxygen atoms in total. The van der Waals surface area contributed by atoms with Crippen LogP contribution in [0.25, 0.3) is 11.5 Å². The summed E-state index contributed by atoms with van der Waals surface area (Å²) in [7, 11) is 0. The second-order valence-electron chi connectivity index (χ2n) is 5.23. The molecular formula is C14H13N3O5. The van der Waals surface area contributed by atoms with Crippen LogP contribution in [-0.2, 0) is 16.1 Å². The lowest BCUT2D eigenvalue weighted by atomic mass is 10.2. The van der Waals surface area contributed by atoms with Crippen LogP contribution in [0.15, 0.2) is 28.7 Å². The predicted octanol–water partition coefficient (Wildman–Crippen LogP) is 2.34. The molecule has 0 unspecified atom stereocenters. The van der Waals surface area contributed by atoms with Crippen LogP contribution in [-0.4, -0.2) is 21.1 Å². The van der Waals surface area contributed by atoms with Crippen LogP contribution < -0.4 is 0 Å². The van der Waals surface area contributed by atoms with Crippen molar-refractivity contribution in [3.05, 3.63) is 40.3 Å². The Morgan fingerprint density at radius 2 is 2.09 bits per heavy atom. The molecule has 1 aliphatic rings. The molecule has 0 radical (unpaired) electrons. The Morgan fingerprint density at radius 3 is 2.68 bits per heavy atom. The molecule has 0 aliphatic heterocycles. The first-order valence-electron chi connectivity index (χ1n) is 6.78. The number of hydrogen-bond donors (Lipinski definition) is 0. The summed E-state index contributed by atoms with van der Waals surface area (Å²) in [6.45, 7) is 1.92. The van der Waals surface area contributed by atoms with Crippen molar-refractivity contribution in [2.24, 2.45) is 11.8 Å². The molecule has 0 bridgehead atoms. The largest absolute Gasteiger partial charge is 0.455 e. The number of non-ortho nitro benzene ring substituents is 1. The van der Waals surface area contributed by atoms with Gasteiger partial charge in [-0.05, 0) is 24.5 Å². The van der Waals surface area contributed by atoms with Crippen molar-refractivity contribution in [3.8, 4) is 11.5 Å². The maximum atomic E-state index is 11.6. The van der Waals surface area contributed by atoms with E-state index >= 15 is 0 Å². The zero-order chi connectivity index (χ0) is 15.7. The highest BCUT2D eigenvalue weighted by atomic mass is 16.6. The number of carbonyl (C=O) groups excluding carboxylic acids is 1. The Balaban J connectivity index is 1.63. The van der Waals surface area contributed by atoms with Crippen molar-refractivity contribution >= 4 is 11.7 Å². The third kappa shape index (κ3) is 2.95. The Morgan fingerprint density at radius 1 is 1.41 bits per heavy atom. The van der Waals surface area contributed by atoms with Crippen molar-refractivity contribution in [2.75, 3.05) is 0 Å². The van der Waals surface area contributed by atoms with Crippen LogP contribution in [0.2, 0.25) is 0 Å². The van der Waals surface area contributed by atoms with E-state index in [0.717, 1.165) is 6.42 Å². The fourth-order valence-corrected chi connectivity index (χ4v) is 2.04. The highest BCUT2D eigenvalue weighted by Gasteiger charge is 2.40. The van der Waals surface area contributed by atoms with Crippen molar-refractivity contribution in [1.29, 1.82) is 0 Å². The minimum Gasteiger partial charge on any atom is -0.455 e. The maximum Gasteiger partial charge on any atom is 0.309 e. The first-order chi connectivity index (χ1) is 10.5. The van der Waals surface area contributed by atoms with E-state index in [0.29, 0.717) is 11.5 Å². The Labute approximate surface area is 125 Å². The molecule has 3 rings (SSSR count). The summed E-state index contributed by atoms with van der Waals surface area (Å²) in [5.74, 6) is 0.529. The standard InChI is InChI=1S/C14H13N3O5/c1-8-6-11(8)14(18)21-7-12-15-16-13(22-12)9-2-4-10(5-3-9)17(19)20/h2-5,8,11H,6-7H2,1H3/t8-,11+/m0/s1. The first kappa shape index (κ1) is 14.2. The van der Waals surface area contributed by atoms with Gasteiger partial charge < -0.3 is 9.15 Å². The van der Waals surface area contributed by atoms with E-state index in [-0.39, 0.29) is 36.0 Å². The number of esters is 1. The van der Waals surface area contributed by atoms with Crippen molar-refractivity contribution < 1.29 is 18.9 Å². The molecule has 1 fully saturated rings. The smallest absolute Gasteiger partial charge is 0.309 e. The van der Waals surface area contributed by atoms with Gasteiger partial charge in [0.15, 0.2) is 6.61 Å². The summed E-state index contributed by atoms with van der Waals surface area (Å²) in [4.78, 5) is 21.7. The maximum absolute atomic E-state index is 11.6. The highest BCUT2D eigenvalue weighted by molar-refractivity contribution is 5.75. The van der Waals surface area contributed by atoms with E-state index in [1.54, 1.807) is 0 Å². The lowest BCUT2D eigenvalue weighted by Crippen LogP contribution is -2.07. The molecule has 1 aromatic heterocycles. The van der Waals surface area contributed by atoms with E-state index in [1.165, 1.54) is 24.3 Å². The highest BCUT2D eigenvalue weighted by Crippen LogP contribution is 2.38. The third-order valence-electron chi connectivity index (χ3n) is 3.54. The number of ether oxygens (including phenoxy) is 1. The lowest BCUT2D eigenvalue weighted by Gasteiger charge is -1.99. The van der Waals surface area contributed by atoms with Gasteiger partial charge in [0.2, 0.25) is 5.89 Å². The van der Waals surface area contributed by atoms with Gasteiger partial charge in [0, 0.05) is 17.7 Å². The van der Waals surface area contributed by atoms with E-state index in [4.69, 9.17) is 9.15 Å². The number of nitro groups is 1. The molecule has 2 aromatic rings. The number of carbonyl (C=O) groups is 1. The van der Waals surface area contributed by atoms with E-state index in [1.807, 2.05) is 6.92 Å². The normalized spacial score (nSPS) is 19.7. The summed E-state index contributed by atoms with van der Waals surface area (Å²) >= 11 is 0. The van der Waals surface area contributed by atoms with Gasteiger partial charge in [-0.2, -0.15) is 0 Å². The molecule has 2 atom stereocenters. The topological polar surface area (TPSA) is 108 Å². The lowest BCUT2D eigenvalue weighted by molar-refractivity contribution is -0.384. The summed E-state index contributed by atoms with van der Waals surface area (Å²) < 4.78 is 10.5. The van der Waals surface area contributed by atoms with Crippen LogP contribution in [0.1, 0.15) is 19.2 Å². The number of aromatic nitrogens is 2. The van der Waals surface area contributed by atoms with Gasteiger partial charge in [0.1, 0.15) is 0 Å². The van der Waals surface area contributed by atoms with Crippen molar-refractivity contribution in [3.63, 3.8) is 0 Å². The molecule has 114 valence electrons. The molecule has 1 aliphatic carbocycles. The zero-order valence-electron chi connectivity index (χ0n) is 11.8. The number of nitro benzene ring substituents is 1. The molecule has 0 spiro atoms. The van der Waals surface area contributed by atoms with Crippen molar-refractivity contribution in [2.45, 2.75) is 20.0 Å². The summed E-state index contributed by atoms with van der Waals surface area (Å²) in [6.07, 6.45) is 0.858. The Bertz CT molecular complexity index is 710. The number of rotatable bonds is 5. The SMILES string of the molecule is C[C@H]1C[C@H]1C(=O)OCc1nnc(-c2ccc([N+](=O)[O-])cc2)o1. The fraction of sp³-hybridized carbons (Fsp3) is 0.357. The fourth-order valence-electron chi connectivity index (χ4n) is 2.04. The predicted molar refractivity (Wildman–Crippen MR) is 73.5 cm³/mol. The monoisotopic (exact) mass is 303 g/mol. The molecular weight excluding hydrogens is 290 g/mol. The first-order valence-corrected chi connectivity index (χ1v) is 6.78. The quantitative estimate of drug-likeness (QED) is 0.473. The van der Waals surface area contributed by atoms with Gasteiger partial charge in [-0.3, -0.25) is 14.9 Å². The van der Waals surface area contributed by atoms with Gasteiger partial charge in [-0.15, -0.1) is 10.2 Å². The second kappa shape index (κ2) is 5.55. The minimum absolute atomic E-state index is 0.0166. The van der Waals surface area contributed by atoms with E-state index in [2.05, 4.69) is 10.2 Å². The van der Waals surface area contributed by atoms with Crippen LogP contribution in [0.5, 0.6) is 0 Å². The average Bonchev–Trinajstić information content (AvgIpc) is 3.06. The Hall–Kier alpha value is -2.77. The molecule has 0 amide bonds. The van der Waals surface area contributed by atoms with E-state index < -0.39 is 4.92 Å². The van der Waals surface area contributed by atoms with Gasteiger partial charge >= 0.3 is 5.97 Å². The van der Waals surface area contributed by atoms with Crippen LogP contribution in [0, 0.1) is 22.0 Å². The van der Waals surface area contributed by atoms with Crippen LogP contribution in [0.4, 0.5) is 5.69 Å². The molecule has 8 heteroatoms. The molecule has 0 N–H and O–H groups in total. The van der Waals surface area contributed by atoms with Crippen LogP contribution in [0.3, 0.4) is 0 Å². The minimum atomic E-state index is -0.485. The summed E-state index contributed by atoms with van der Waals surface area (Å²) in [6, 6.07) is 5.75. The third-order valence-corrected chi connectivity index (χ3v) is 3.54. The molecule has 0 saturated heterocycles. The van der Waals surface area contributed by atoms with Gasteiger partial charge in [-0.25, -0.2) is 0 Å². The molecule has 1 heterocycles.